The minimum atomic E-state index is -0.0483. The fraction of sp³-hybridized carbons (Fsp3) is 0.200. The lowest BCUT2D eigenvalue weighted by Gasteiger charge is -2.13. The lowest BCUT2D eigenvalue weighted by atomic mass is 10.0. The first-order valence-corrected chi connectivity index (χ1v) is 11.4. The van der Waals surface area contributed by atoms with Gasteiger partial charge in [0.15, 0.2) is 23.6 Å². The number of carbonyl (C=O) groups is 2. The van der Waals surface area contributed by atoms with Crippen molar-refractivity contribution in [3.8, 4) is 11.5 Å². The molecule has 0 fully saturated rings. The molecular formula is C30H30O5. The maximum absolute atomic E-state index is 12.1. The minimum absolute atomic E-state index is 0.00384. The smallest absolute Gasteiger partial charge is 0.188 e. The number of ether oxygens (including phenoxy) is 2. The number of hydrogen-bond donors (Lipinski definition) is 1. The summed E-state index contributed by atoms with van der Waals surface area (Å²) in [6, 6.07) is 22.9. The molecule has 0 amide bonds. The van der Waals surface area contributed by atoms with E-state index in [2.05, 4.69) is 0 Å². The average Bonchev–Trinajstić information content (AvgIpc) is 3.71. The maximum Gasteiger partial charge on any atom is 0.188 e. The van der Waals surface area contributed by atoms with Crippen LogP contribution in [0.4, 0.5) is 0 Å². The number of allylic oxidation sites excluding steroid dienone is 3. The van der Waals surface area contributed by atoms with Crippen molar-refractivity contribution in [2.45, 2.75) is 33.8 Å². The summed E-state index contributed by atoms with van der Waals surface area (Å²) in [6.07, 6.45) is 3.33. The van der Waals surface area contributed by atoms with E-state index >= 15 is 0 Å². The van der Waals surface area contributed by atoms with Crippen molar-refractivity contribution in [2.24, 2.45) is 0 Å². The zero-order valence-corrected chi connectivity index (χ0v) is 20.3. The van der Waals surface area contributed by atoms with Crippen molar-refractivity contribution in [3.63, 3.8) is 0 Å². The topological polar surface area (TPSA) is 72.8 Å². The van der Waals surface area contributed by atoms with Crippen molar-refractivity contribution < 1.29 is 24.2 Å². The molecule has 0 heterocycles. The number of aromatic hydroxyl groups is 1. The molecule has 0 spiro atoms. The van der Waals surface area contributed by atoms with E-state index in [1.807, 2.05) is 80.6 Å². The van der Waals surface area contributed by atoms with Crippen LogP contribution in [0.15, 0.2) is 90.0 Å². The number of carbonyl (C=O) groups excluding carboxylic acids is 2. The Hall–Kier alpha value is -4.12. The minimum Gasteiger partial charge on any atom is -0.504 e. The molecule has 35 heavy (non-hydrogen) atoms. The van der Waals surface area contributed by atoms with Gasteiger partial charge in [-0.25, -0.2) is 0 Å². The molecule has 5 heteroatoms. The normalized spacial score (nSPS) is 12.4. The summed E-state index contributed by atoms with van der Waals surface area (Å²) in [5.41, 5.74) is 5.35. The summed E-state index contributed by atoms with van der Waals surface area (Å²) in [4.78, 5) is 22.6. The molecule has 0 saturated carbocycles. The zero-order chi connectivity index (χ0) is 25.2. The van der Waals surface area contributed by atoms with Crippen molar-refractivity contribution in [1.29, 1.82) is 0 Å². The molecule has 0 atom stereocenters. The van der Waals surface area contributed by atoms with Crippen LogP contribution in [0, 0.1) is 13.8 Å². The van der Waals surface area contributed by atoms with Gasteiger partial charge in [-0.1, -0.05) is 66.7 Å². The van der Waals surface area contributed by atoms with Gasteiger partial charge < -0.3 is 14.6 Å². The Morgan fingerprint density at radius 1 is 1.00 bits per heavy atom. The van der Waals surface area contributed by atoms with Crippen LogP contribution in [0.25, 0.3) is 5.76 Å². The number of ketones is 1. The van der Waals surface area contributed by atoms with Crippen molar-refractivity contribution >= 4 is 17.8 Å². The van der Waals surface area contributed by atoms with Gasteiger partial charge in [-0.15, -0.1) is 0 Å². The summed E-state index contributed by atoms with van der Waals surface area (Å²) in [7, 11) is 0. The molecule has 0 unspecified atom stereocenters. The molecule has 1 aliphatic rings. The van der Waals surface area contributed by atoms with Gasteiger partial charge in [-0.05, 0) is 56.0 Å². The number of benzene rings is 3. The van der Waals surface area contributed by atoms with E-state index in [1.54, 1.807) is 19.1 Å². The highest BCUT2D eigenvalue weighted by Crippen LogP contribution is 2.29. The summed E-state index contributed by atoms with van der Waals surface area (Å²) >= 11 is 0. The van der Waals surface area contributed by atoms with Crippen LogP contribution in [0.2, 0.25) is 0 Å². The van der Waals surface area contributed by atoms with Crippen molar-refractivity contribution in [2.75, 3.05) is 6.61 Å². The van der Waals surface area contributed by atoms with Gasteiger partial charge in [0.1, 0.15) is 19.0 Å². The molecule has 0 saturated heterocycles. The van der Waals surface area contributed by atoms with Gasteiger partial charge in [-0.2, -0.15) is 0 Å². The van der Waals surface area contributed by atoms with E-state index < -0.39 is 0 Å². The Labute approximate surface area is 206 Å². The largest absolute Gasteiger partial charge is 0.504 e. The standard InChI is InChI=1S/C16H16O3.C14H14O2/c1-11-5-3-4-6-14(11)16(19-10-9-17)12(2)15(18)13-7-8-13;1-11-7-8-14(13(15)9-11)16-10-12-5-3-2-4-6-12/h3-7,9H,8,10H2,1-2H3;2-9,15H,10H2,1H3/b16-12-;. The first kappa shape index (κ1) is 25.5. The molecule has 4 rings (SSSR count). The number of aryl methyl sites for hydroxylation is 2. The second-order valence-corrected chi connectivity index (χ2v) is 8.25. The van der Waals surface area contributed by atoms with Gasteiger partial charge >= 0.3 is 0 Å². The Bertz CT molecular complexity index is 1240. The zero-order valence-electron chi connectivity index (χ0n) is 20.3. The van der Waals surface area contributed by atoms with Crippen LogP contribution < -0.4 is 4.74 Å². The van der Waals surface area contributed by atoms with Crippen LogP contribution in [0.5, 0.6) is 11.5 Å². The molecule has 0 radical (unpaired) electrons. The fourth-order valence-corrected chi connectivity index (χ4v) is 3.40. The van der Waals surface area contributed by atoms with Gasteiger partial charge in [0.05, 0.1) is 0 Å². The van der Waals surface area contributed by atoms with Crippen LogP contribution in [-0.2, 0) is 20.9 Å². The number of phenols is 1. The lowest BCUT2D eigenvalue weighted by Crippen LogP contribution is -2.06. The van der Waals surface area contributed by atoms with E-state index in [9.17, 15) is 14.7 Å². The number of phenolic OH excluding ortho intramolecular Hbond substituents is 1. The van der Waals surface area contributed by atoms with Crippen molar-refractivity contribution in [1.82, 2.24) is 0 Å². The highest BCUT2D eigenvalue weighted by Gasteiger charge is 2.23. The molecule has 1 N–H and O–H groups in total. The number of aldehydes is 1. The monoisotopic (exact) mass is 470 g/mol. The second kappa shape index (κ2) is 12.4. The number of rotatable bonds is 9. The Kier molecular flexibility index (Phi) is 9.02. The van der Waals surface area contributed by atoms with Gasteiger partial charge in [0.2, 0.25) is 0 Å². The predicted octanol–water partition coefficient (Wildman–Crippen LogP) is 6.12. The van der Waals surface area contributed by atoms with Gasteiger partial charge in [0, 0.05) is 16.7 Å². The van der Waals surface area contributed by atoms with E-state index in [1.165, 1.54) is 0 Å². The molecule has 0 aliphatic heterocycles. The molecule has 1 aliphatic carbocycles. The quantitative estimate of drug-likeness (QED) is 0.232. The third-order valence-electron chi connectivity index (χ3n) is 5.42. The van der Waals surface area contributed by atoms with E-state index in [0.717, 1.165) is 34.2 Å². The Balaban J connectivity index is 0.000000198. The second-order valence-electron chi connectivity index (χ2n) is 8.25. The van der Waals surface area contributed by atoms with Crippen LogP contribution in [0.1, 0.15) is 35.6 Å². The fourth-order valence-electron chi connectivity index (χ4n) is 3.40. The van der Waals surface area contributed by atoms with E-state index in [0.29, 0.717) is 30.0 Å². The first-order valence-electron chi connectivity index (χ1n) is 11.4. The molecule has 3 aromatic rings. The highest BCUT2D eigenvalue weighted by atomic mass is 16.5. The van der Waals surface area contributed by atoms with Crippen LogP contribution in [-0.4, -0.2) is 23.8 Å². The third-order valence-corrected chi connectivity index (χ3v) is 5.42. The summed E-state index contributed by atoms with van der Waals surface area (Å²) < 4.78 is 11.0. The molecule has 5 nitrogen and oxygen atoms in total. The molecule has 0 aromatic heterocycles. The highest BCUT2D eigenvalue weighted by molar-refractivity contribution is 6.14. The molecular weight excluding hydrogens is 440 g/mol. The van der Waals surface area contributed by atoms with E-state index in [4.69, 9.17) is 9.47 Å². The van der Waals surface area contributed by atoms with Gasteiger partial charge in [-0.3, -0.25) is 9.59 Å². The van der Waals surface area contributed by atoms with E-state index in [-0.39, 0.29) is 18.1 Å². The first-order chi connectivity index (χ1) is 16.9. The SMILES string of the molecule is C/C(C(=O)C1=CC1)=C(/OCC=O)c1ccccc1C.Cc1ccc(OCc2ccccc2)c(O)c1. The predicted molar refractivity (Wildman–Crippen MR) is 137 cm³/mol. The van der Waals surface area contributed by atoms with Gasteiger partial charge in [0.25, 0.3) is 0 Å². The molecule has 180 valence electrons. The average molecular weight is 471 g/mol. The van der Waals surface area contributed by atoms with Crippen molar-refractivity contribution in [3.05, 3.63) is 112 Å². The maximum atomic E-state index is 12.1. The number of Topliss-reactive ketones (excluding diaryl/α,β-unsaturated/α-hetero) is 1. The summed E-state index contributed by atoms with van der Waals surface area (Å²) in [6.45, 7) is 6.05. The molecule has 3 aromatic carbocycles. The lowest BCUT2D eigenvalue weighted by molar-refractivity contribution is -0.112. The Morgan fingerprint density at radius 3 is 2.31 bits per heavy atom. The van der Waals surface area contributed by atoms with Crippen LogP contribution in [0.3, 0.4) is 0 Å². The molecule has 0 bridgehead atoms. The number of hydrogen-bond acceptors (Lipinski definition) is 5. The Morgan fingerprint density at radius 2 is 1.69 bits per heavy atom. The summed E-state index contributed by atoms with van der Waals surface area (Å²) in [5, 5.41) is 9.64. The summed E-state index contributed by atoms with van der Waals surface area (Å²) in [5.74, 6) is 1.22. The van der Waals surface area contributed by atoms with Crippen LogP contribution >= 0.6 is 0 Å². The third kappa shape index (κ3) is 7.44.